The van der Waals surface area contributed by atoms with Crippen molar-refractivity contribution >= 4 is 33.4 Å². The molecular weight excluding hydrogens is 299 g/mol. The topological polar surface area (TPSA) is 12.9 Å². The molecule has 2 aromatic rings. The summed E-state index contributed by atoms with van der Waals surface area (Å²) in [6.45, 7) is 1.55. The first-order valence-corrected chi connectivity index (χ1v) is 5.07. The maximum Gasteiger partial charge on any atom is 0.162 e. The van der Waals surface area contributed by atoms with E-state index in [-0.39, 0.29) is 0 Å². The second-order valence-electron chi connectivity index (χ2n) is 3.01. The minimum Gasteiger partial charge on any atom is -0.263 e. The highest BCUT2D eigenvalue weighted by Gasteiger charge is 2.11. The summed E-state index contributed by atoms with van der Waals surface area (Å²) in [5.41, 5.74) is 0.311. The van der Waals surface area contributed by atoms with E-state index in [1.807, 2.05) is 0 Å². The van der Waals surface area contributed by atoms with Crippen LogP contribution in [0.5, 0.6) is 0 Å². The van der Waals surface area contributed by atoms with Gasteiger partial charge in [-0.15, -0.1) is 0 Å². The third-order valence-electron chi connectivity index (χ3n) is 2.15. The number of benzene rings is 1. The Balaban J connectivity index is 2.98. The van der Waals surface area contributed by atoms with Crippen molar-refractivity contribution in [3.8, 4) is 0 Å². The van der Waals surface area contributed by atoms with Crippen LogP contribution in [0.3, 0.4) is 0 Å². The lowest BCUT2D eigenvalue weighted by Crippen LogP contribution is -1.93. The molecule has 0 fully saturated rings. The molecule has 1 heterocycles. The Morgan fingerprint density at radius 2 is 1.93 bits per heavy atom. The van der Waals surface area contributed by atoms with Gasteiger partial charge in [-0.25, -0.2) is 8.78 Å². The van der Waals surface area contributed by atoms with Gasteiger partial charge in [-0.2, -0.15) is 0 Å². The van der Waals surface area contributed by atoms with Gasteiger partial charge in [-0.3, -0.25) is 4.98 Å². The molecule has 0 bridgehead atoms. The van der Waals surface area contributed by atoms with Gasteiger partial charge in [-0.05, 0) is 41.1 Å². The first-order valence-electron chi connectivity index (χ1n) is 3.99. The highest BCUT2D eigenvalue weighted by molar-refractivity contribution is 14.1. The zero-order valence-electron chi connectivity index (χ0n) is 7.31. The number of fused-ring (bicyclic) bond motifs is 1. The second-order valence-corrected chi connectivity index (χ2v) is 4.18. The van der Waals surface area contributed by atoms with E-state index in [1.54, 1.807) is 19.3 Å². The van der Waals surface area contributed by atoms with Gasteiger partial charge < -0.3 is 0 Å². The van der Waals surface area contributed by atoms with Crippen molar-refractivity contribution in [3.63, 3.8) is 0 Å². The largest absolute Gasteiger partial charge is 0.263 e. The van der Waals surface area contributed by atoms with E-state index >= 15 is 0 Å². The fourth-order valence-corrected chi connectivity index (χ4v) is 1.99. The lowest BCUT2D eigenvalue weighted by molar-refractivity contribution is 0.505. The number of nitrogens with zero attached hydrogens (tertiary/aromatic N) is 1. The molecular formula is C10H6F2IN. The quantitative estimate of drug-likeness (QED) is 0.680. The van der Waals surface area contributed by atoms with Crippen LogP contribution in [-0.4, -0.2) is 4.98 Å². The van der Waals surface area contributed by atoms with E-state index in [0.29, 0.717) is 16.3 Å². The van der Waals surface area contributed by atoms with E-state index in [4.69, 9.17) is 0 Å². The number of aromatic nitrogens is 1. The molecule has 1 aromatic heterocycles. The Morgan fingerprint density at radius 1 is 1.21 bits per heavy atom. The summed E-state index contributed by atoms with van der Waals surface area (Å²) in [5.74, 6) is -1.60. The molecule has 0 saturated carbocycles. The van der Waals surface area contributed by atoms with Crippen molar-refractivity contribution in [2.24, 2.45) is 0 Å². The highest BCUT2D eigenvalue weighted by Crippen LogP contribution is 2.26. The summed E-state index contributed by atoms with van der Waals surface area (Å²) in [7, 11) is 0. The molecule has 0 aliphatic rings. The van der Waals surface area contributed by atoms with Crippen LogP contribution in [0.15, 0.2) is 18.5 Å². The molecule has 0 unspecified atom stereocenters. The number of rotatable bonds is 0. The molecule has 0 N–H and O–H groups in total. The number of aryl methyl sites for hydroxylation is 1. The van der Waals surface area contributed by atoms with Gasteiger partial charge in [0.15, 0.2) is 11.6 Å². The van der Waals surface area contributed by atoms with Crippen LogP contribution in [-0.2, 0) is 0 Å². The molecule has 1 nitrogen and oxygen atoms in total. The van der Waals surface area contributed by atoms with Crippen LogP contribution in [0.1, 0.15) is 5.56 Å². The Bertz CT molecular complexity index is 511. The second kappa shape index (κ2) is 3.42. The van der Waals surface area contributed by atoms with Gasteiger partial charge in [0, 0.05) is 26.7 Å². The zero-order chi connectivity index (χ0) is 10.3. The van der Waals surface area contributed by atoms with Crippen molar-refractivity contribution in [1.29, 1.82) is 0 Å². The first-order chi connectivity index (χ1) is 6.61. The molecule has 4 heteroatoms. The number of hydrogen-bond acceptors (Lipinski definition) is 1. The van der Waals surface area contributed by atoms with Crippen LogP contribution in [0.25, 0.3) is 10.8 Å². The van der Waals surface area contributed by atoms with Crippen molar-refractivity contribution in [2.75, 3.05) is 0 Å². The molecule has 72 valence electrons. The standard InChI is InChI=1S/C10H6F2IN/c1-5-7-3-14-4-9(13)6(7)2-8(11)10(5)12/h2-4H,1H3. The van der Waals surface area contributed by atoms with E-state index in [9.17, 15) is 8.78 Å². The predicted octanol–water partition coefficient (Wildman–Crippen LogP) is 3.43. The summed E-state index contributed by atoms with van der Waals surface area (Å²) in [6, 6.07) is 1.21. The molecule has 0 spiro atoms. The van der Waals surface area contributed by atoms with Crippen molar-refractivity contribution in [2.45, 2.75) is 6.92 Å². The van der Waals surface area contributed by atoms with Crippen molar-refractivity contribution in [3.05, 3.63) is 39.2 Å². The third kappa shape index (κ3) is 1.37. The van der Waals surface area contributed by atoms with Crippen molar-refractivity contribution in [1.82, 2.24) is 4.98 Å². The predicted molar refractivity (Wildman–Crippen MR) is 59.1 cm³/mol. The summed E-state index contributed by atoms with van der Waals surface area (Å²) in [5, 5.41) is 1.37. The highest BCUT2D eigenvalue weighted by atomic mass is 127. The molecule has 0 amide bonds. The SMILES string of the molecule is Cc1c(F)c(F)cc2c(I)cncc12. The zero-order valence-corrected chi connectivity index (χ0v) is 9.47. The normalized spacial score (nSPS) is 10.9. The number of halogens is 3. The van der Waals surface area contributed by atoms with E-state index in [0.717, 1.165) is 3.57 Å². The van der Waals surface area contributed by atoms with Gasteiger partial charge in [-0.1, -0.05) is 0 Å². The summed E-state index contributed by atoms with van der Waals surface area (Å²) < 4.78 is 27.1. The van der Waals surface area contributed by atoms with Gasteiger partial charge >= 0.3 is 0 Å². The van der Waals surface area contributed by atoms with Crippen LogP contribution in [0.2, 0.25) is 0 Å². The van der Waals surface area contributed by atoms with Gasteiger partial charge in [0.1, 0.15) is 0 Å². The van der Waals surface area contributed by atoms with Crippen LogP contribution in [0.4, 0.5) is 8.78 Å². The lowest BCUT2D eigenvalue weighted by atomic mass is 10.1. The van der Waals surface area contributed by atoms with E-state index in [2.05, 4.69) is 27.6 Å². The maximum atomic E-state index is 13.2. The molecule has 0 aliphatic heterocycles. The van der Waals surface area contributed by atoms with Gasteiger partial charge in [0.2, 0.25) is 0 Å². The maximum absolute atomic E-state index is 13.2. The molecule has 0 radical (unpaired) electrons. The third-order valence-corrected chi connectivity index (χ3v) is 3.01. The van der Waals surface area contributed by atoms with Crippen LogP contribution in [0, 0.1) is 22.1 Å². The first kappa shape index (κ1) is 9.76. The molecule has 0 aliphatic carbocycles. The van der Waals surface area contributed by atoms with Gasteiger partial charge in [0.25, 0.3) is 0 Å². The Morgan fingerprint density at radius 3 is 2.64 bits per heavy atom. The fourth-order valence-electron chi connectivity index (χ4n) is 1.38. The summed E-state index contributed by atoms with van der Waals surface area (Å²) in [4.78, 5) is 3.95. The minimum absolute atomic E-state index is 0.311. The average molecular weight is 305 g/mol. The Kier molecular flexibility index (Phi) is 2.38. The smallest absolute Gasteiger partial charge is 0.162 e. The van der Waals surface area contributed by atoms with Gasteiger partial charge in [0.05, 0.1) is 0 Å². The molecule has 0 saturated heterocycles. The van der Waals surface area contributed by atoms with Crippen molar-refractivity contribution < 1.29 is 8.78 Å². The van der Waals surface area contributed by atoms with E-state index < -0.39 is 11.6 Å². The number of pyridine rings is 1. The summed E-state index contributed by atoms with van der Waals surface area (Å²) in [6.07, 6.45) is 3.18. The Hall–Kier alpha value is -0.780. The Labute approximate surface area is 93.3 Å². The van der Waals surface area contributed by atoms with Crippen LogP contribution >= 0.6 is 22.6 Å². The van der Waals surface area contributed by atoms with Crippen LogP contribution < -0.4 is 0 Å². The monoisotopic (exact) mass is 305 g/mol. The van der Waals surface area contributed by atoms with E-state index in [1.165, 1.54) is 6.07 Å². The number of hydrogen-bond donors (Lipinski definition) is 0. The molecule has 1 aromatic carbocycles. The fraction of sp³-hybridized carbons (Fsp3) is 0.100. The molecule has 14 heavy (non-hydrogen) atoms. The molecule has 0 atom stereocenters. The minimum atomic E-state index is -0.806. The average Bonchev–Trinajstić information content (AvgIpc) is 2.17. The summed E-state index contributed by atoms with van der Waals surface area (Å²) >= 11 is 2.05. The molecule has 2 rings (SSSR count). The lowest BCUT2D eigenvalue weighted by Gasteiger charge is -2.05.